The number of nitrogens with zero attached hydrogens (tertiary/aromatic N) is 1. The summed E-state index contributed by atoms with van der Waals surface area (Å²) < 4.78 is 10.6. The molecule has 1 amide bonds. The van der Waals surface area contributed by atoms with Gasteiger partial charge in [-0.15, -0.1) is 0 Å². The molecule has 0 unspecified atom stereocenters. The molecule has 0 aliphatic carbocycles. The van der Waals surface area contributed by atoms with Gasteiger partial charge < -0.3 is 14.6 Å². The van der Waals surface area contributed by atoms with Crippen molar-refractivity contribution < 1.29 is 24.2 Å². The number of benzene rings is 1. The van der Waals surface area contributed by atoms with Gasteiger partial charge in [-0.3, -0.25) is 4.90 Å². The summed E-state index contributed by atoms with van der Waals surface area (Å²) >= 11 is 0. The number of fused-ring (bicyclic) bond motifs is 1. The molecular formula is C15H19NO5. The molecule has 2 rings (SSSR count). The molecule has 1 aromatic carbocycles. The number of aromatic carboxylic acids is 1. The first-order valence-corrected chi connectivity index (χ1v) is 6.67. The molecule has 0 fully saturated rings. The van der Waals surface area contributed by atoms with Gasteiger partial charge in [0.25, 0.3) is 0 Å². The van der Waals surface area contributed by atoms with Crippen LogP contribution in [0.25, 0.3) is 0 Å². The van der Waals surface area contributed by atoms with Crippen LogP contribution in [-0.2, 0) is 11.2 Å². The molecular weight excluding hydrogens is 274 g/mol. The fraction of sp³-hybridized carbons (Fsp3) is 0.467. The number of carboxylic acid groups (broad SMARTS) is 1. The van der Waals surface area contributed by atoms with Crippen molar-refractivity contribution in [1.29, 1.82) is 0 Å². The number of ether oxygens (including phenoxy) is 2. The lowest BCUT2D eigenvalue weighted by molar-refractivity contribution is 0.0582. The lowest BCUT2D eigenvalue weighted by Crippen LogP contribution is -2.35. The molecule has 6 heteroatoms. The van der Waals surface area contributed by atoms with E-state index < -0.39 is 17.7 Å². The van der Waals surface area contributed by atoms with Crippen molar-refractivity contribution in [2.24, 2.45) is 0 Å². The number of carbonyl (C=O) groups excluding carboxylic acids is 1. The number of amides is 1. The zero-order chi connectivity index (χ0) is 15.8. The Morgan fingerprint density at radius 2 is 1.95 bits per heavy atom. The zero-order valence-electron chi connectivity index (χ0n) is 12.6. The molecule has 0 atom stereocenters. The lowest BCUT2D eigenvalue weighted by atomic mass is 10.1. The Bertz CT molecular complexity index is 588. The van der Waals surface area contributed by atoms with Crippen molar-refractivity contribution in [2.45, 2.75) is 32.8 Å². The van der Waals surface area contributed by atoms with E-state index in [9.17, 15) is 9.59 Å². The molecule has 1 aromatic rings. The van der Waals surface area contributed by atoms with Crippen LogP contribution in [-0.4, -0.2) is 36.4 Å². The van der Waals surface area contributed by atoms with Crippen molar-refractivity contribution in [2.75, 3.05) is 18.6 Å². The average molecular weight is 293 g/mol. The van der Waals surface area contributed by atoms with Crippen LogP contribution in [0.1, 0.15) is 36.7 Å². The Labute approximate surface area is 123 Å². The van der Waals surface area contributed by atoms with Gasteiger partial charge in [-0.25, -0.2) is 9.59 Å². The number of rotatable bonds is 2. The SMILES string of the molecule is COc1cc(C(=O)O)cc2c1CCN2C(=O)OC(C)(C)C. The number of carbonyl (C=O) groups is 2. The van der Waals surface area contributed by atoms with Crippen LogP contribution in [0, 0.1) is 0 Å². The fourth-order valence-corrected chi connectivity index (χ4v) is 2.28. The summed E-state index contributed by atoms with van der Waals surface area (Å²) in [6, 6.07) is 2.96. The molecule has 0 aromatic heterocycles. The maximum Gasteiger partial charge on any atom is 0.414 e. The number of hydrogen-bond acceptors (Lipinski definition) is 4. The standard InChI is InChI=1S/C15H19NO5/c1-15(2,3)21-14(19)16-6-5-10-11(16)7-9(13(17)18)8-12(10)20-4/h7-8H,5-6H2,1-4H3,(H,17,18). The molecule has 1 N–H and O–H groups in total. The Kier molecular flexibility index (Phi) is 3.80. The Morgan fingerprint density at radius 3 is 2.48 bits per heavy atom. The van der Waals surface area contributed by atoms with Gasteiger partial charge in [0.1, 0.15) is 11.4 Å². The summed E-state index contributed by atoms with van der Waals surface area (Å²) in [5, 5.41) is 9.16. The Hall–Kier alpha value is -2.24. The highest BCUT2D eigenvalue weighted by Crippen LogP contribution is 2.37. The van der Waals surface area contributed by atoms with E-state index in [1.165, 1.54) is 24.1 Å². The molecule has 21 heavy (non-hydrogen) atoms. The number of anilines is 1. The smallest absolute Gasteiger partial charge is 0.414 e. The molecule has 0 saturated carbocycles. The zero-order valence-corrected chi connectivity index (χ0v) is 12.6. The molecule has 0 spiro atoms. The Morgan fingerprint density at radius 1 is 1.29 bits per heavy atom. The first-order chi connectivity index (χ1) is 9.73. The van der Waals surface area contributed by atoms with Gasteiger partial charge in [0.2, 0.25) is 0 Å². The summed E-state index contributed by atoms with van der Waals surface area (Å²) in [5.74, 6) is -0.580. The fourth-order valence-electron chi connectivity index (χ4n) is 2.28. The van der Waals surface area contributed by atoms with Crippen LogP contribution in [0.15, 0.2) is 12.1 Å². The van der Waals surface area contributed by atoms with Crippen molar-refractivity contribution in [1.82, 2.24) is 0 Å². The monoisotopic (exact) mass is 293 g/mol. The highest BCUT2D eigenvalue weighted by Gasteiger charge is 2.31. The van der Waals surface area contributed by atoms with E-state index in [1.807, 2.05) is 0 Å². The van der Waals surface area contributed by atoms with E-state index in [-0.39, 0.29) is 5.56 Å². The van der Waals surface area contributed by atoms with E-state index in [2.05, 4.69) is 0 Å². The molecule has 114 valence electrons. The maximum atomic E-state index is 12.2. The van der Waals surface area contributed by atoms with Crippen molar-refractivity contribution >= 4 is 17.7 Å². The van der Waals surface area contributed by atoms with Crippen LogP contribution in [0.2, 0.25) is 0 Å². The maximum absolute atomic E-state index is 12.2. The third-order valence-corrected chi connectivity index (χ3v) is 3.14. The third kappa shape index (κ3) is 3.09. The second kappa shape index (κ2) is 5.27. The molecule has 6 nitrogen and oxygen atoms in total. The van der Waals surface area contributed by atoms with E-state index in [1.54, 1.807) is 20.8 Å². The molecule has 1 aliphatic heterocycles. The minimum Gasteiger partial charge on any atom is -0.496 e. The molecule has 1 heterocycles. The van der Waals surface area contributed by atoms with E-state index in [0.717, 1.165) is 5.56 Å². The number of hydrogen-bond donors (Lipinski definition) is 1. The number of carboxylic acids is 1. The predicted octanol–water partition coefficient (Wildman–Crippen LogP) is 2.69. The van der Waals surface area contributed by atoms with E-state index >= 15 is 0 Å². The van der Waals surface area contributed by atoms with E-state index in [0.29, 0.717) is 24.4 Å². The molecule has 0 bridgehead atoms. The van der Waals surface area contributed by atoms with Crippen LogP contribution in [0.5, 0.6) is 5.75 Å². The Balaban J connectivity index is 2.40. The van der Waals surface area contributed by atoms with Gasteiger partial charge in [-0.05, 0) is 39.3 Å². The summed E-state index contributed by atoms with van der Waals surface area (Å²) in [5.41, 5.74) is 0.851. The average Bonchev–Trinajstić information content (AvgIpc) is 2.79. The van der Waals surface area contributed by atoms with Crippen LogP contribution < -0.4 is 9.64 Å². The second-order valence-corrected chi connectivity index (χ2v) is 5.86. The quantitative estimate of drug-likeness (QED) is 0.907. The lowest BCUT2D eigenvalue weighted by Gasteiger charge is -2.25. The normalized spacial score (nSPS) is 13.8. The second-order valence-electron chi connectivity index (χ2n) is 5.86. The van der Waals surface area contributed by atoms with Gasteiger partial charge in [0, 0.05) is 12.1 Å². The molecule has 1 aliphatic rings. The van der Waals surface area contributed by atoms with Gasteiger partial charge in [-0.1, -0.05) is 0 Å². The summed E-state index contributed by atoms with van der Waals surface area (Å²) in [6.45, 7) is 5.81. The van der Waals surface area contributed by atoms with Crippen molar-refractivity contribution in [3.05, 3.63) is 23.3 Å². The van der Waals surface area contributed by atoms with Crippen molar-refractivity contribution in [3.63, 3.8) is 0 Å². The largest absolute Gasteiger partial charge is 0.496 e. The minimum atomic E-state index is -1.06. The van der Waals surface area contributed by atoms with E-state index in [4.69, 9.17) is 14.6 Å². The summed E-state index contributed by atoms with van der Waals surface area (Å²) in [4.78, 5) is 24.9. The summed E-state index contributed by atoms with van der Waals surface area (Å²) in [6.07, 6.45) is 0.128. The van der Waals surface area contributed by atoms with Crippen molar-refractivity contribution in [3.8, 4) is 5.75 Å². The highest BCUT2D eigenvalue weighted by atomic mass is 16.6. The first kappa shape index (κ1) is 15.2. The third-order valence-electron chi connectivity index (χ3n) is 3.14. The van der Waals surface area contributed by atoms with Gasteiger partial charge in [-0.2, -0.15) is 0 Å². The van der Waals surface area contributed by atoms with Gasteiger partial charge in [0.05, 0.1) is 18.4 Å². The first-order valence-electron chi connectivity index (χ1n) is 6.67. The number of methoxy groups -OCH3 is 1. The highest BCUT2D eigenvalue weighted by molar-refractivity contribution is 5.96. The minimum absolute atomic E-state index is 0.0843. The predicted molar refractivity (Wildman–Crippen MR) is 77.2 cm³/mol. The molecule has 0 radical (unpaired) electrons. The van der Waals surface area contributed by atoms with Gasteiger partial charge in [0.15, 0.2) is 0 Å². The summed E-state index contributed by atoms with van der Waals surface area (Å²) in [7, 11) is 1.48. The van der Waals surface area contributed by atoms with Crippen LogP contribution >= 0.6 is 0 Å². The molecule has 0 saturated heterocycles. The van der Waals surface area contributed by atoms with Gasteiger partial charge >= 0.3 is 12.1 Å². The topological polar surface area (TPSA) is 76.1 Å². The van der Waals surface area contributed by atoms with Crippen LogP contribution in [0.4, 0.5) is 10.5 Å². The van der Waals surface area contributed by atoms with Crippen LogP contribution in [0.3, 0.4) is 0 Å².